The number of carbonyl (C=O) groups excluding carboxylic acids is 2. The van der Waals surface area contributed by atoms with Gasteiger partial charge in [-0.1, -0.05) is 48.5 Å². The van der Waals surface area contributed by atoms with E-state index in [1.807, 2.05) is 58.0 Å². The van der Waals surface area contributed by atoms with Crippen LogP contribution in [0.15, 0.2) is 102 Å². The van der Waals surface area contributed by atoms with Crippen molar-refractivity contribution in [1.29, 1.82) is 0 Å². The molecule has 1 atom stereocenters. The van der Waals surface area contributed by atoms with Gasteiger partial charge in [-0.2, -0.15) is 0 Å². The zero-order valence-electron chi connectivity index (χ0n) is 29.2. The van der Waals surface area contributed by atoms with Gasteiger partial charge in [0.05, 0.1) is 31.4 Å². The van der Waals surface area contributed by atoms with Crippen LogP contribution in [-0.2, 0) is 32.6 Å². The van der Waals surface area contributed by atoms with Crippen LogP contribution in [0.5, 0.6) is 17.2 Å². The molecule has 0 fully saturated rings. The van der Waals surface area contributed by atoms with E-state index in [9.17, 15) is 18.0 Å². The summed E-state index contributed by atoms with van der Waals surface area (Å²) in [6.07, 6.45) is 0.0917. The largest absolute Gasteiger partial charge is 0.494 e. The zero-order chi connectivity index (χ0) is 36.5. The standard InChI is InChI=1S/C38H44FN3O7S/c1-7-49-30-19-17-29(18-20-30)42(50(45,46)31-21-22-34(47-5)35(24-31)48-6)26-36(43)41(25-28-15-11-12-16-32(28)39)33(37(44)40-38(2,3)4)23-27-13-9-8-10-14-27/h8-22,24,33H,7,23,25-26H2,1-6H3,(H,40,44)/t33-/m1/s1. The molecule has 0 unspecified atom stereocenters. The molecule has 0 spiro atoms. The summed E-state index contributed by atoms with van der Waals surface area (Å²) in [5.74, 6) is -0.762. The Hall–Kier alpha value is -5.10. The molecule has 12 heteroatoms. The lowest BCUT2D eigenvalue weighted by Gasteiger charge is -2.35. The van der Waals surface area contributed by atoms with E-state index in [0.717, 1.165) is 9.87 Å². The minimum Gasteiger partial charge on any atom is -0.494 e. The van der Waals surface area contributed by atoms with Crippen LogP contribution in [0.25, 0.3) is 0 Å². The summed E-state index contributed by atoms with van der Waals surface area (Å²) in [5, 5.41) is 2.96. The van der Waals surface area contributed by atoms with Crippen molar-refractivity contribution < 1.29 is 36.6 Å². The van der Waals surface area contributed by atoms with Crippen LogP contribution in [0.2, 0.25) is 0 Å². The van der Waals surface area contributed by atoms with Crippen LogP contribution in [0.1, 0.15) is 38.8 Å². The smallest absolute Gasteiger partial charge is 0.264 e. The topological polar surface area (TPSA) is 114 Å². The first-order valence-electron chi connectivity index (χ1n) is 16.1. The Morgan fingerprint density at radius 1 is 0.860 bits per heavy atom. The Bertz CT molecular complexity index is 1860. The number of anilines is 1. The molecule has 4 rings (SSSR count). The third kappa shape index (κ3) is 9.53. The molecule has 2 amide bonds. The minimum absolute atomic E-state index is 0.0917. The lowest BCUT2D eigenvalue weighted by atomic mass is 10.0. The van der Waals surface area contributed by atoms with E-state index in [4.69, 9.17) is 14.2 Å². The monoisotopic (exact) mass is 705 g/mol. The molecule has 0 bridgehead atoms. The molecule has 0 saturated carbocycles. The highest BCUT2D eigenvalue weighted by Gasteiger charge is 2.36. The van der Waals surface area contributed by atoms with Gasteiger partial charge in [0.1, 0.15) is 24.2 Å². The lowest BCUT2D eigenvalue weighted by molar-refractivity contribution is -0.140. The molecule has 0 aliphatic heterocycles. The molecule has 4 aromatic rings. The second-order valence-corrected chi connectivity index (χ2v) is 14.4. The van der Waals surface area contributed by atoms with Crippen LogP contribution in [-0.4, -0.2) is 64.1 Å². The number of hydrogen-bond acceptors (Lipinski definition) is 7. The van der Waals surface area contributed by atoms with E-state index in [-0.39, 0.29) is 34.9 Å². The highest BCUT2D eigenvalue weighted by molar-refractivity contribution is 7.92. The number of nitrogens with zero attached hydrogens (tertiary/aromatic N) is 2. The number of rotatable bonds is 15. The second-order valence-electron chi connectivity index (χ2n) is 12.5. The molecule has 266 valence electrons. The molecule has 50 heavy (non-hydrogen) atoms. The van der Waals surface area contributed by atoms with Crippen molar-refractivity contribution in [2.75, 3.05) is 31.7 Å². The number of halogens is 1. The maximum atomic E-state index is 15.2. The SMILES string of the molecule is CCOc1ccc(N(CC(=O)N(Cc2ccccc2F)[C@H](Cc2ccccc2)C(=O)NC(C)(C)C)S(=O)(=O)c2ccc(OC)c(OC)c2)cc1. The Morgan fingerprint density at radius 2 is 1.50 bits per heavy atom. The molecule has 0 radical (unpaired) electrons. The van der Waals surface area contributed by atoms with Gasteiger partial charge < -0.3 is 24.4 Å². The summed E-state index contributed by atoms with van der Waals surface area (Å²) < 4.78 is 61.3. The van der Waals surface area contributed by atoms with Gasteiger partial charge in [0.2, 0.25) is 11.8 Å². The van der Waals surface area contributed by atoms with Crippen molar-refractivity contribution in [3.05, 3.63) is 114 Å². The van der Waals surface area contributed by atoms with Gasteiger partial charge in [-0.15, -0.1) is 0 Å². The van der Waals surface area contributed by atoms with E-state index < -0.39 is 45.8 Å². The van der Waals surface area contributed by atoms with Gasteiger partial charge in [0, 0.05) is 30.1 Å². The number of hydrogen-bond donors (Lipinski definition) is 1. The lowest BCUT2D eigenvalue weighted by Crippen LogP contribution is -2.56. The van der Waals surface area contributed by atoms with E-state index in [2.05, 4.69) is 5.32 Å². The summed E-state index contributed by atoms with van der Waals surface area (Å²) in [6.45, 7) is 6.66. The number of nitrogens with one attached hydrogen (secondary N) is 1. The van der Waals surface area contributed by atoms with Gasteiger partial charge in [-0.25, -0.2) is 12.8 Å². The summed E-state index contributed by atoms with van der Waals surface area (Å²) in [4.78, 5) is 29.8. The first-order chi connectivity index (χ1) is 23.8. The Kier molecular flexibility index (Phi) is 12.5. The quantitative estimate of drug-likeness (QED) is 0.162. The highest BCUT2D eigenvalue weighted by Crippen LogP contribution is 2.33. The van der Waals surface area contributed by atoms with Crippen LogP contribution < -0.4 is 23.8 Å². The van der Waals surface area contributed by atoms with Crippen LogP contribution in [0, 0.1) is 5.82 Å². The molecule has 10 nitrogen and oxygen atoms in total. The van der Waals surface area contributed by atoms with Crippen molar-refractivity contribution in [2.45, 2.75) is 57.1 Å². The molecule has 0 saturated heterocycles. The van der Waals surface area contributed by atoms with Gasteiger partial charge in [-0.05, 0) is 75.7 Å². The second kappa shape index (κ2) is 16.5. The van der Waals surface area contributed by atoms with Gasteiger partial charge in [-0.3, -0.25) is 13.9 Å². The predicted molar refractivity (Wildman–Crippen MR) is 190 cm³/mol. The number of methoxy groups -OCH3 is 2. The molecular weight excluding hydrogens is 661 g/mol. The molecule has 0 heterocycles. The van der Waals surface area contributed by atoms with Crippen LogP contribution in [0.3, 0.4) is 0 Å². The Morgan fingerprint density at radius 3 is 2.10 bits per heavy atom. The van der Waals surface area contributed by atoms with E-state index >= 15 is 4.39 Å². The average Bonchev–Trinajstić information content (AvgIpc) is 3.09. The van der Waals surface area contributed by atoms with E-state index in [1.165, 1.54) is 67.7 Å². The third-order valence-electron chi connectivity index (χ3n) is 7.73. The molecule has 0 aromatic heterocycles. The van der Waals surface area contributed by atoms with Gasteiger partial charge >= 0.3 is 0 Å². The normalized spacial score (nSPS) is 12.1. The third-order valence-corrected chi connectivity index (χ3v) is 9.50. The maximum absolute atomic E-state index is 15.2. The summed E-state index contributed by atoms with van der Waals surface area (Å²) >= 11 is 0. The van der Waals surface area contributed by atoms with Gasteiger partial charge in [0.25, 0.3) is 10.0 Å². The van der Waals surface area contributed by atoms with E-state index in [0.29, 0.717) is 18.1 Å². The fourth-order valence-corrected chi connectivity index (χ4v) is 6.76. The van der Waals surface area contributed by atoms with Crippen molar-refractivity contribution in [2.24, 2.45) is 0 Å². The highest BCUT2D eigenvalue weighted by atomic mass is 32.2. The Labute approximate surface area is 293 Å². The zero-order valence-corrected chi connectivity index (χ0v) is 30.0. The Balaban J connectivity index is 1.86. The molecule has 0 aliphatic carbocycles. The fourth-order valence-electron chi connectivity index (χ4n) is 5.33. The van der Waals surface area contributed by atoms with Crippen molar-refractivity contribution in [3.63, 3.8) is 0 Å². The predicted octanol–water partition coefficient (Wildman–Crippen LogP) is 5.99. The first-order valence-corrected chi connectivity index (χ1v) is 17.6. The average molecular weight is 706 g/mol. The number of ether oxygens (including phenoxy) is 3. The van der Waals surface area contributed by atoms with Gasteiger partial charge in [0.15, 0.2) is 11.5 Å². The number of carbonyl (C=O) groups is 2. The van der Waals surface area contributed by atoms with Crippen LogP contribution in [0.4, 0.5) is 10.1 Å². The number of benzene rings is 4. The van der Waals surface area contributed by atoms with Crippen molar-refractivity contribution >= 4 is 27.5 Å². The summed E-state index contributed by atoms with van der Waals surface area (Å²) in [5.41, 5.74) is 0.428. The molecule has 1 N–H and O–H groups in total. The maximum Gasteiger partial charge on any atom is 0.264 e. The number of sulfonamides is 1. The molecular formula is C38H44FN3O7S. The first kappa shape index (κ1) is 37.7. The molecule has 4 aromatic carbocycles. The van der Waals surface area contributed by atoms with Crippen molar-refractivity contribution in [1.82, 2.24) is 10.2 Å². The molecule has 0 aliphatic rings. The van der Waals surface area contributed by atoms with E-state index in [1.54, 1.807) is 18.2 Å². The van der Waals surface area contributed by atoms with Crippen molar-refractivity contribution in [3.8, 4) is 17.2 Å². The summed E-state index contributed by atoms with van der Waals surface area (Å²) in [7, 11) is -1.62. The fraction of sp³-hybridized carbons (Fsp3) is 0.316. The van der Waals surface area contributed by atoms with Crippen LogP contribution >= 0.6 is 0 Å². The number of amides is 2. The minimum atomic E-state index is -4.45. The summed E-state index contributed by atoms with van der Waals surface area (Å²) in [6, 6.07) is 24.4.